The summed E-state index contributed by atoms with van der Waals surface area (Å²) < 4.78 is 17.9. The third-order valence-corrected chi connectivity index (χ3v) is 3.36. The molecule has 0 saturated heterocycles. The molecule has 2 aromatic carbocycles. The minimum absolute atomic E-state index is 0.193. The highest BCUT2D eigenvalue weighted by molar-refractivity contribution is 5.97. The molecule has 0 heterocycles. The molecule has 0 aliphatic heterocycles. The van der Waals surface area contributed by atoms with Gasteiger partial charge in [0.15, 0.2) is 6.10 Å². The van der Waals surface area contributed by atoms with Crippen LogP contribution in [0.2, 0.25) is 0 Å². The zero-order chi connectivity index (χ0) is 16.8. The molecule has 0 spiro atoms. The van der Waals surface area contributed by atoms with Crippen molar-refractivity contribution < 1.29 is 18.7 Å². The summed E-state index contributed by atoms with van der Waals surface area (Å²) in [7, 11) is 0. The number of anilines is 1. The van der Waals surface area contributed by atoms with Gasteiger partial charge in [-0.25, -0.2) is 9.18 Å². The molecule has 1 N–H and O–H groups in total. The fourth-order valence-corrected chi connectivity index (χ4v) is 1.94. The maximum absolute atomic E-state index is 12.8. The first kappa shape index (κ1) is 16.7. The Kier molecular flexibility index (Phi) is 5.46. The number of nitrogens with one attached hydrogen (secondary N) is 1. The van der Waals surface area contributed by atoms with Crippen molar-refractivity contribution in [1.29, 1.82) is 0 Å². The van der Waals surface area contributed by atoms with Crippen molar-refractivity contribution >= 4 is 17.6 Å². The minimum atomic E-state index is -0.960. The first-order valence-electron chi connectivity index (χ1n) is 7.36. The normalized spacial score (nSPS) is 11.6. The number of hydrogen-bond acceptors (Lipinski definition) is 3. The van der Waals surface area contributed by atoms with E-state index in [4.69, 9.17) is 4.74 Å². The number of carbonyl (C=O) groups is 2. The van der Waals surface area contributed by atoms with Crippen molar-refractivity contribution in [3.63, 3.8) is 0 Å². The van der Waals surface area contributed by atoms with Crippen LogP contribution in [0.4, 0.5) is 10.1 Å². The van der Waals surface area contributed by atoms with Gasteiger partial charge in [0.1, 0.15) is 5.82 Å². The summed E-state index contributed by atoms with van der Waals surface area (Å²) in [6.07, 6.45) is -0.0432. The topological polar surface area (TPSA) is 55.4 Å². The van der Waals surface area contributed by atoms with Gasteiger partial charge in [0.25, 0.3) is 5.91 Å². The van der Waals surface area contributed by atoms with Crippen LogP contribution in [0.3, 0.4) is 0 Å². The van der Waals surface area contributed by atoms with Crippen LogP contribution >= 0.6 is 0 Å². The second kappa shape index (κ2) is 7.54. The number of hydrogen-bond donors (Lipinski definition) is 1. The predicted octanol–water partition coefficient (Wildman–Crippen LogP) is 3.57. The van der Waals surface area contributed by atoms with Gasteiger partial charge in [0, 0.05) is 5.69 Å². The van der Waals surface area contributed by atoms with E-state index in [-0.39, 0.29) is 5.56 Å². The molecule has 1 amide bonds. The lowest BCUT2D eigenvalue weighted by molar-refractivity contribution is -0.123. The van der Waals surface area contributed by atoms with Crippen LogP contribution in [0.15, 0.2) is 48.5 Å². The smallest absolute Gasteiger partial charge is 0.338 e. The number of benzene rings is 2. The van der Waals surface area contributed by atoms with E-state index in [0.717, 1.165) is 18.6 Å². The van der Waals surface area contributed by atoms with Gasteiger partial charge in [-0.15, -0.1) is 0 Å². The van der Waals surface area contributed by atoms with Crippen LogP contribution < -0.4 is 5.32 Å². The van der Waals surface area contributed by atoms with Crippen molar-refractivity contribution in [3.05, 3.63) is 65.5 Å². The molecule has 0 bridgehead atoms. The van der Waals surface area contributed by atoms with Gasteiger partial charge in [-0.2, -0.15) is 0 Å². The Morgan fingerprint density at radius 1 is 1.09 bits per heavy atom. The first-order chi connectivity index (χ1) is 11.0. The number of amides is 1. The average molecular weight is 315 g/mol. The molecular weight excluding hydrogens is 297 g/mol. The Morgan fingerprint density at radius 3 is 2.26 bits per heavy atom. The molecular formula is C18H18FNO3. The molecule has 0 aliphatic rings. The maximum Gasteiger partial charge on any atom is 0.338 e. The van der Waals surface area contributed by atoms with Gasteiger partial charge in [-0.1, -0.05) is 19.1 Å². The van der Waals surface area contributed by atoms with Gasteiger partial charge in [0.05, 0.1) is 5.56 Å². The molecule has 2 aromatic rings. The molecule has 1 atom stereocenters. The van der Waals surface area contributed by atoms with Crippen molar-refractivity contribution in [1.82, 2.24) is 0 Å². The Bertz CT molecular complexity index is 680. The Labute approximate surface area is 134 Å². The van der Waals surface area contributed by atoms with E-state index >= 15 is 0 Å². The molecule has 5 heteroatoms. The first-order valence-corrected chi connectivity index (χ1v) is 7.36. The number of halogens is 1. The van der Waals surface area contributed by atoms with E-state index in [0.29, 0.717) is 5.69 Å². The molecule has 0 aromatic heterocycles. The summed E-state index contributed by atoms with van der Waals surface area (Å²) in [6.45, 7) is 3.53. The summed E-state index contributed by atoms with van der Waals surface area (Å²) in [4.78, 5) is 23.9. The standard InChI is InChI=1S/C18H18FNO3/c1-3-13-4-10-16(11-5-13)20-17(21)12(2)23-18(22)14-6-8-15(19)9-7-14/h4-12H,3H2,1-2H3,(H,20,21)/t12-/m1/s1. The highest BCUT2D eigenvalue weighted by Gasteiger charge is 2.19. The molecule has 0 fully saturated rings. The zero-order valence-corrected chi connectivity index (χ0v) is 13.0. The third kappa shape index (κ3) is 4.64. The molecule has 120 valence electrons. The van der Waals surface area contributed by atoms with Gasteiger partial charge < -0.3 is 10.1 Å². The number of ether oxygens (including phenoxy) is 1. The highest BCUT2D eigenvalue weighted by Crippen LogP contribution is 2.12. The minimum Gasteiger partial charge on any atom is -0.449 e. The third-order valence-electron chi connectivity index (χ3n) is 3.36. The molecule has 0 saturated carbocycles. The van der Waals surface area contributed by atoms with Crippen LogP contribution in [0, 0.1) is 5.82 Å². The number of carbonyl (C=O) groups excluding carboxylic acids is 2. The monoisotopic (exact) mass is 315 g/mol. The molecule has 0 unspecified atom stereocenters. The summed E-state index contributed by atoms with van der Waals surface area (Å²) in [5, 5.41) is 2.68. The predicted molar refractivity (Wildman–Crippen MR) is 85.7 cm³/mol. The summed E-state index contributed by atoms with van der Waals surface area (Å²) >= 11 is 0. The largest absolute Gasteiger partial charge is 0.449 e. The van der Waals surface area contributed by atoms with Crippen LogP contribution in [-0.2, 0) is 16.0 Å². The summed E-state index contributed by atoms with van der Waals surface area (Å²) in [6, 6.07) is 12.4. The lowest BCUT2D eigenvalue weighted by atomic mass is 10.1. The van der Waals surface area contributed by atoms with Crippen LogP contribution in [0.1, 0.15) is 29.8 Å². The Hall–Kier alpha value is -2.69. The van der Waals surface area contributed by atoms with E-state index in [1.165, 1.54) is 24.6 Å². The van der Waals surface area contributed by atoms with Crippen molar-refractivity contribution in [3.8, 4) is 0 Å². The van der Waals surface area contributed by atoms with Crippen LogP contribution in [0.5, 0.6) is 0 Å². The molecule has 0 aliphatic carbocycles. The van der Waals surface area contributed by atoms with Crippen LogP contribution in [-0.4, -0.2) is 18.0 Å². The fraction of sp³-hybridized carbons (Fsp3) is 0.222. The van der Waals surface area contributed by atoms with E-state index in [9.17, 15) is 14.0 Å². The molecule has 2 rings (SSSR count). The van der Waals surface area contributed by atoms with Gasteiger partial charge in [-0.05, 0) is 55.3 Å². The van der Waals surface area contributed by atoms with Crippen molar-refractivity contribution in [2.24, 2.45) is 0 Å². The van der Waals surface area contributed by atoms with Crippen LogP contribution in [0.25, 0.3) is 0 Å². The fourth-order valence-electron chi connectivity index (χ4n) is 1.94. The van der Waals surface area contributed by atoms with Gasteiger partial charge in [0.2, 0.25) is 0 Å². The van der Waals surface area contributed by atoms with Crippen molar-refractivity contribution in [2.75, 3.05) is 5.32 Å². The number of rotatable bonds is 5. The number of aryl methyl sites for hydroxylation is 1. The second-order valence-electron chi connectivity index (χ2n) is 5.09. The molecule has 23 heavy (non-hydrogen) atoms. The highest BCUT2D eigenvalue weighted by atomic mass is 19.1. The SMILES string of the molecule is CCc1ccc(NC(=O)[C@@H](C)OC(=O)c2ccc(F)cc2)cc1. The van der Waals surface area contributed by atoms with E-state index < -0.39 is 23.8 Å². The zero-order valence-electron chi connectivity index (χ0n) is 13.0. The maximum atomic E-state index is 12.8. The van der Waals surface area contributed by atoms with E-state index in [1.807, 2.05) is 19.1 Å². The number of esters is 1. The summed E-state index contributed by atoms with van der Waals surface area (Å²) in [5.41, 5.74) is 1.99. The lowest BCUT2D eigenvalue weighted by Crippen LogP contribution is -2.30. The van der Waals surface area contributed by atoms with Gasteiger partial charge in [-0.3, -0.25) is 4.79 Å². The van der Waals surface area contributed by atoms with Gasteiger partial charge >= 0.3 is 5.97 Å². The van der Waals surface area contributed by atoms with E-state index in [2.05, 4.69) is 5.32 Å². The average Bonchev–Trinajstić information content (AvgIpc) is 2.56. The Balaban J connectivity index is 1.93. The summed E-state index contributed by atoms with van der Waals surface area (Å²) in [5.74, 6) is -1.54. The quantitative estimate of drug-likeness (QED) is 0.858. The van der Waals surface area contributed by atoms with E-state index in [1.54, 1.807) is 12.1 Å². The second-order valence-corrected chi connectivity index (χ2v) is 5.09. The Morgan fingerprint density at radius 2 is 1.70 bits per heavy atom. The lowest BCUT2D eigenvalue weighted by Gasteiger charge is -2.13. The molecule has 0 radical (unpaired) electrons. The molecule has 4 nitrogen and oxygen atoms in total. The van der Waals surface area contributed by atoms with Crippen molar-refractivity contribution in [2.45, 2.75) is 26.4 Å².